The third kappa shape index (κ3) is 2.67. The van der Waals surface area contributed by atoms with Gasteiger partial charge in [-0.3, -0.25) is 4.79 Å². The molecular formula is C9H16ClNO. The molecule has 1 N–H and O–H groups in total. The molecule has 0 heterocycles. The van der Waals surface area contributed by atoms with Crippen LogP contribution < -0.4 is 5.32 Å². The van der Waals surface area contributed by atoms with Crippen LogP contribution in [-0.2, 0) is 4.79 Å². The molecule has 0 unspecified atom stereocenters. The van der Waals surface area contributed by atoms with Crippen molar-refractivity contribution in [2.45, 2.75) is 44.6 Å². The highest BCUT2D eigenvalue weighted by Crippen LogP contribution is 2.28. The topological polar surface area (TPSA) is 29.1 Å². The van der Waals surface area contributed by atoms with Crippen LogP contribution >= 0.6 is 11.6 Å². The van der Waals surface area contributed by atoms with Crippen molar-refractivity contribution in [3.63, 3.8) is 0 Å². The SMILES string of the molecule is CC1(NC(=O)CCCl)CCCC1. The number of alkyl halides is 1. The molecule has 0 spiro atoms. The van der Waals surface area contributed by atoms with E-state index in [0.717, 1.165) is 12.8 Å². The molecule has 1 fully saturated rings. The van der Waals surface area contributed by atoms with E-state index in [1.807, 2.05) is 0 Å². The molecule has 2 nitrogen and oxygen atoms in total. The van der Waals surface area contributed by atoms with Crippen molar-refractivity contribution in [1.29, 1.82) is 0 Å². The number of hydrogen-bond donors (Lipinski definition) is 1. The van der Waals surface area contributed by atoms with Crippen molar-refractivity contribution >= 4 is 17.5 Å². The summed E-state index contributed by atoms with van der Waals surface area (Å²) in [7, 11) is 0. The van der Waals surface area contributed by atoms with E-state index in [4.69, 9.17) is 11.6 Å². The summed E-state index contributed by atoms with van der Waals surface area (Å²) in [6, 6.07) is 0. The average molecular weight is 190 g/mol. The normalized spacial score (nSPS) is 20.8. The number of hydrogen-bond acceptors (Lipinski definition) is 1. The van der Waals surface area contributed by atoms with Gasteiger partial charge in [0.25, 0.3) is 0 Å². The van der Waals surface area contributed by atoms with Gasteiger partial charge in [-0.25, -0.2) is 0 Å². The number of nitrogens with one attached hydrogen (secondary N) is 1. The lowest BCUT2D eigenvalue weighted by atomic mass is 10.0. The van der Waals surface area contributed by atoms with Crippen LogP contribution in [0.4, 0.5) is 0 Å². The summed E-state index contributed by atoms with van der Waals surface area (Å²) in [5.41, 5.74) is 0.0587. The Kier molecular flexibility index (Phi) is 3.39. The van der Waals surface area contributed by atoms with Crippen molar-refractivity contribution < 1.29 is 4.79 Å². The molecule has 70 valence electrons. The monoisotopic (exact) mass is 189 g/mol. The van der Waals surface area contributed by atoms with Crippen LogP contribution in [-0.4, -0.2) is 17.3 Å². The minimum absolute atomic E-state index is 0.0587. The molecule has 0 aromatic carbocycles. The fraction of sp³-hybridized carbons (Fsp3) is 0.889. The van der Waals surface area contributed by atoms with Crippen LogP contribution in [0.15, 0.2) is 0 Å². The van der Waals surface area contributed by atoms with Crippen molar-refractivity contribution in [1.82, 2.24) is 5.32 Å². The van der Waals surface area contributed by atoms with Gasteiger partial charge in [-0.1, -0.05) is 12.8 Å². The van der Waals surface area contributed by atoms with Gasteiger partial charge in [0.1, 0.15) is 0 Å². The maximum absolute atomic E-state index is 11.2. The van der Waals surface area contributed by atoms with E-state index in [1.165, 1.54) is 12.8 Å². The molecule has 1 rings (SSSR count). The number of carbonyl (C=O) groups is 1. The Bertz CT molecular complexity index is 164. The maximum atomic E-state index is 11.2. The molecule has 0 radical (unpaired) electrons. The fourth-order valence-corrected chi connectivity index (χ4v) is 1.94. The lowest BCUT2D eigenvalue weighted by Gasteiger charge is -2.24. The highest BCUT2D eigenvalue weighted by atomic mass is 35.5. The standard InChI is InChI=1S/C9H16ClNO/c1-9(5-2-3-6-9)11-8(12)4-7-10/h2-7H2,1H3,(H,11,12). The van der Waals surface area contributed by atoms with Crippen LogP contribution in [0.1, 0.15) is 39.0 Å². The molecule has 0 aromatic heterocycles. The van der Waals surface area contributed by atoms with Crippen LogP contribution in [0.2, 0.25) is 0 Å². The predicted octanol–water partition coefficient (Wildman–Crippen LogP) is 2.06. The molecule has 0 aliphatic heterocycles. The fourth-order valence-electron chi connectivity index (χ4n) is 1.77. The Balaban J connectivity index is 2.33. The molecule has 12 heavy (non-hydrogen) atoms. The van der Waals surface area contributed by atoms with Crippen LogP contribution in [0.25, 0.3) is 0 Å². The summed E-state index contributed by atoms with van der Waals surface area (Å²) in [6.45, 7) is 2.12. The van der Waals surface area contributed by atoms with E-state index in [1.54, 1.807) is 0 Å². The number of carbonyl (C=O) groups excluding carboxylic acids is 1. The second-order valence-corrected chi connectivity index (χ2v) is 4.13. The lowest BCUT2D eigenvalue weighted by Crippen LogP contribution is -2.43. The quantitative estimate of drug-likeness (QED) is 0.677. The summed E-state index contributed by atoms with van der Waals surface area (Å²) in [4.78, 5) is 11.2. The van der Waals surface area contributed by atoms with Crippen LogP contribution in [0.5, 0.6) is 0 Å². The summed E-state index contributed by atoms with van der Waals surface area (Å²) < 4.78 is 0. The van der Waals surface area contributed by atoms with E-state index >= 15 is 0 Å². The minimum Gasteiger partial charge on any atom is -0.351 e. The molecule has 1 saturated carbocycles. The van der Waals surface area contributed by atoms with E-state index in [0.29, 0.717) is 12.3 Å². The van der Waals surface area contributed by atoms with Gasteiger partial charge < -0.3 is 5.32 Å². The van der Waals surface area contributed by atoms with Crippen molar-refractivity contribution in [3.05, 3.63) is 0 Å². The lowest BCUT2D eigenvalue weighted by molar-refractivity contribution is -0.122. The third-order valence-electron chi connectivity index (χ3n) is 2.47. The molecule has 0 bridgehead atoms. The first-order valence-corrected chi connectivity index (χ1v) is 5.07. The first kappa shape index (κ1) is 9.85. The van der Waals surface area contributed by atoms with Gasteiger partial charge in [-0.15, -0.1) is 11.6 Å². The minimum atomic E-state index is 0.0587. The van der Waals surface area contributed by atoms with E-state index in [9.17, 15) is 4.79 Å². The Morgan fingerprint density at radius 3 is 2.58 bits per heavy atom. The average Bonchev–Trinajstić information content (AvgIpc) is 2.36. The zero-order valence-electron chi connectivity index (χ0n) is 7.53. The van der Waals surface area contributed by atoms with Crippen molar-refractivity contribution in [2.75, 3.05) is 5.88 Å². The van der Waals surface area contributed by atoms with E-state index in [2.05, 4.69) is 12.2 Å². The molecular weight excluding hydrogens is 174 g/mol. The zero-order valence-corrected chi connectivity index (χ0v) is 8.28. The van der Waals surface area contributed by atoms with Gasteiger partial charge in [0.05, 0.1) is 0 Å². The first-order valence-electron chi connectivity index (χ1n) is 4.53. The largest absolute Gasteiger partial charge is 0.351 e. The number of rotatable bonds is 3. The van der Waals surface area contributed by atoms with Gasteiger partial charge in [0, 0.05) is 17.8 Å². The second kappa shape index (κ2) is 4.13. The Labute approximate surface area is 78.7 Å². The van der Waals surface area contributed by atoms with Gasteiger partial charge in [0.15, 0.2) is 0 Å². The Morgan fingerprint density at radius 2 is 2.08 bits per heavy atom. The maximum Gasteiger partial charge on any atom is 0.221 e. The molecule has 3 heteroatoms. The Morgan fingerprint density at radius 1 is 1.50 bits per heavy atom. The zero-order chi connectivity index (χ0) is 9.03. The first-order chi connectivity index (χ1) is 5.66. The molecule has 1 aliphatic rings. The Hall–Kier alpha value is -0.240. The number of amides is 1. The number of halogens is 1. The molecule has 0 saturated heterocycles. The molecule has 1 amide bonds. The molecule has 0 atom stereocenters. The molecule has 0 aromatic rings. The third-order valence-corrected chi connectivity index (χ3v) is 2.66. The van der Waals surface area contributed by atoms with Gasteiger partial charge in [-0.05, 0) is 19.8 Å². The van der Waals surface area contributed by atoms with Gasteiger partial charge in [0.2, 0.25) is 5.91 Å². The van der Waals surface area contributed by atoms with Crippen molar-refractivity contribution in [2.24, 2.45) is 0 Å². The highest BCUT2D eigenvalue weighted by molar-refractivity contribution is 6.18. The predicted molar refractivity (Wildman–Crippen MR) is 50.4 cm³/mol. The molecule has 1 aliphatic carbocycles. The second-order valence-electron chi connectivity index (χ2n) is 3.75. The van der Waals surface area contributed by atoms with E-state index in [-0.39, 0.29) is 11.4 Å². The van der Waals surface area contributed by atoms with Crippen molar-refractivity contribution in [3.8, 4) is 0 Å². The summed E-state index contributed by atoms with van der Waals surface area (Å²) in [5, 5.41) is 3.03. The van der Waals surface area contributed by atoms with Gasteiger partial charge in [-0.2, -0.15) is 0 Å². The van der Waals surface area contributed by atoms with Crippen LogP contribution in [0.3, 0.4) is 0 Å². The summed E-state index contributed by atoms with van der Waals surface area (Å²) >= 11 is 5.47. The van der Waals surface area contributed by atoms with Gasteiger partial charge >= 0.3 is 0 Å². The summed E-state index contributed by atoms with van der Waals surface area (Å²) in [6.07, 6.45) is 5.13. The summed E-state index contributed by atoms with van der Waals surface area (Å²) in [5.74, 6) is 0.511. The smallest absolute Gasteiger partial charge is 0.221 e. The highest BCUT2D eigenvalue weighted by Gasteiger charge is 2.29. The van der Waals surface area contributed by atoms with Crippen LogP contribution in [0, 0.1) is 0 Å². The van der Waals surface area contributed by atoms with E-state index < -0.39 is 0 Å².